The van der Waals surface area contributed by atoms with Gasteiger partial charge in [-0.15, -0.1) is 0 Å². The first kappa shape index (κ1) is 13.1. The summed E-state index contributed by atoms with van der Waals surface area (Å²) in [5, 5.41) is 3.40. The Morgan fingerprint density at radius 1 is 1.25 bits per heavy atom. The number of anilines is 1. The third kappa shape index (κ3) is 2.51. The summed E-state index contributed by atoms with van der Waals surface area (Å²) in [6.45, 7) is 4.89. The van der Waals surface area contributed by atoms with Gasteiger partial charge >= 0.3 is 0 Å². The smallest absolute Gasteiger partial charge is 0.136 e. The molecule has 1 aromatic heterocycles. The highest BCUT2D eigenvalue weighted by molar-refractivity contribution is 5.49. The number of aryl methyl sites for hydroxylation is 1. The average Bonchev–Trinajstić information content (AvgIpc) is 2.49. The lowest BCUT2D eigenvalue weighted by Gasteiger charge is -2.25. The minimum absolute atomic E-state index is 0.865. The molecule has 20 heavy (non-hydrogen) atoms. The summed E-state index contributed by atoms with van der Waals surface area (Å²) in [4.78, 5) is 11.1. The molecule has 4 heteroatoms. The van der Waals surface area contributed by atoms with Crippen LogP contribution in [0.4, 0.5) is 5.82 Å². The summed E-state index contributed by atoms with van der Waals surface area (Å²) >= 11 is 0. The van der Waals surface area contributed by atoms with Gasteiger partial charge in [0.2, 0.25) is 0 Å². The second-order valence-corrected chi connectivity index (χ2v) is 5.33. The zero-order valence-corrected chi connectivity index (χ0v) is 12.1. The van der Waals surface area contributed by atoms with Gasteiger partial charge in [-0.25, -0.2) is 9.97 Å². The van der Waals surface area contributed by atoms with Crippen molar-refractivity contribution < 1.29 is 0 Å². The Balaban J connectivity index is 1.88. The van der Waals surface area contributed by atoms with E-state index in [9.17, 15) is 0 Å². The normalized spacial score (nSPS) is 13.9. The van der Waals surface area contributed by atoms with Crippen LogP contribution in [0.3, 0.4) is 0 Å². The highest BCUT2D eigenvalue weighted by Gasteiger charge is 2.17. The van der Waals surface area contributed by atoms with Crippen molar-refractivity contribution in [2.24, 2.45) is 0 Å². The quantitative estimate of drug-likeness (QED) is 0.925. The van der Waals surface area contributed by atoms with Gasteiger partial charge in [-0.2, -0.15) is 0 Å². The summed E-state index contributed by atoms with van der Waals surface area (Å²) in [5.74, 6) is 1.05. The monoisotopic (exact) mass is 268 g/mol. The highest BCUT2D eigenvalue weighted by Crippen LogP contribution is 2.23. The van der Waals surface area contributed by atoms with Crippen LogP contribution in [0.5, 0.6) is 0 Å². The number of nitrogens with one attached hydrogen (secondary N) is 1. The molecule has 4 nitrogen and oxygen atoms in total. The van der Waals surface area contributed by atoms with Gasteiger partial charge in [0.1, 0.15) is 12.1 Å². The van der Waals surface area contributed by atoms with E-state index < -0.39 is 0 Å². The second-order valence-electron chi connectivity index (χ2n) is 5.33. The van der Waals surface area contributed by atoms with Crippen LogP contribution in [0.1, 0.15) is 22.4 Å². The maximum absolute atomic E-state index is 4.49. The molecular weight excluding hydrogens is 248 g/mol. The van der Waals surface area contributed by atoms with Crippen molar-refractivity contribution in [3.63, 3.8) is 0 Å². The van der Waals surface area contributed by atoms with E-state index in [0.717, 1.165) is 31.9 Å². The summed E-state index contributed by atoms with van der Waals surface area (Å²) in [5.41, 5.74) is 5.09. The SMILES string of the molecule is Cc1ccccc1CN(C)c1ncnc2c1CNCC2. The Morgan fingerprint density at radius 3 is 2.95 bits per heavy atom. The van der Waals surface area contributed by atoms with Crippen LogP contribution in [-0.2, 0) is 19.5 Å². The number of rotatable bonds is 3. The molecule has 0 saturated carbocycles. The van der Waals surface area contributed by atoms with Gasteiger partial charge in [0.25, 0.3) is 0 Å². The predicted molar refractivity (Wildman–Crippen MR) is 80.7 cm³/mol. The largest absolute Gasteiger partial charge is 0.355 e. The summed E-state index contributed by atoms with van der Waals surface area (Å²) in [6, 6.07) is 8.50. The summed E-state index contributed by atoms with van der Waals surface area (Å²) in [6.07, 6.45) is 2.68. The van der Waals surface area contributed by atoms with Crippen LogP contribution < -0.4 is 10.2 Å². The Morgan fingerprint density at radius 2 is 2.10 bits per heavy atom. The number of nitrogens with zero attached hydrogens (tertiary/aromatic N) is 3. The van der Waals surface area contributed by atoms with E-state index in [-0.39, 0.29) is 0 Å². The number of aromatic nitrogens is 2. The molecule has 3 rings (SSSR count). The lowest BCUT2D eigenvalue weighted by atomic mass is 10.1. The zero-order valence-electron chi connectivity index (χ0n) is 12.1. The Labute approximate surface area is 119 Å². The molecule has 0 atom stereocenters. The van der Waals surface area contributed by atoms with Crippen LogP contribution in [0.25, 0.3) is 0 Å². The first-order valence-corrected chi connectivity index (χ1v) is 7.05. The van der Waals surface area contributed by atoms with Crippen molar-refractivity contribution in [3.8, 4) is 0 Å². The van der Waals surface area contributed by atoms with E-state index in [2.05, 4.69) is 58.4 Å². The van der Waals surface area contributed by atoms with Crippen LogP contribution in [0, 0.1) is 6.92 Å². The maximum atomic E-state index is 4.49. The number of fused-ring (bicyclic) bond motifs is 1. The Bertz CT molecular complexity index is 609. The highest BCUT2D eigenvalue weighted by atomic mass is 15.2. The van der Waals surface area contributed by atoms with E-state index in [1.54, 1.807) is 6.33 Å². The molecule has 0 radical (unpaired) electrons. The molecule has 0 spiro atoms. The van der Waals surface area contributed by atoms with E-state index in [4.69, 9.17) is 0 Å². The van der Waals surface area contributed by atoms with Crippen molar-refractivity contribution in [3.05, 3.63) is 53.0 Å². The van der Waals surface area contributed by atoms with Gasteiger partial charge in [-0.05, 0) is 18.1 Å². The molecule has 0 unspecified atom stereocenters. The predicted octanol–water partition coefficient (Wildman–Crippen LogP) is 2.07. The van der Waals surface area contributed by atoms with Gasteiger partial charge in [-0.3, -0.25) is 0 Å². The molecule has 1 aromatic carbocycles. The van der Waals surface area contributed by atoms with Gasteiger partial charge < -0.3 is 10.2 Å². The molecule has 2 heterocycles. The average molecular weight is 268 g/mol. The number of benzene rings is 1. The van der Waals surface area contributed by atoms with Crippen molar-refractivity contribution in [2.75, 3.05) is 18.5 Å². The molecule has 2 aromatic rings. The first-order valence-electron chi connectivity index (χ1n) is 7.05. The van der Waals surface area contributed by atoms with Crippen LogP contribution in [-0.4, -0.2) is 23.6 Å². The Kier molecular flexibility index (Phi) is 3.65. The molecular formula is C16H20N4. The molecule has 1 N–H and O–H groups in total. The third-order valence-corrected chi connectivity index (χ3v) is 3.88. The molecule has 1 aliphatic rings. The fraction of sp³-hybridized carbons (Fsp3) is 0.375. The van der Waals surface area contributed by atoms with E-state index in [1.807, 2.05) is 0 Å². The number of hydrogen-bond donors (Lipinski definition) is 1. The minimum atomic E-state index is 0.865. The van der Waals surface area contributed by atoms with Crippen LogP contribution >= 0.6 is 0 Å². The minimum Gasteiger partial charge on any atom is -0.355 e. The van der Waals surface area contributed by atoms with Gasteiger partial charge in [0.05, 0.1) is 5.69 Å². The van der Waals surface area contributed by atoms with Gasteiger partial charge in [-0.1, -0.05) is 24.3 Å². The maximum Gasteiger partial charge on any atom is 0.136 e. The van der Waals surface area contributed by atoms with E-state index in [1.165, 1.54) is 22.4 Å². The van der Waals surface area contributed by atoms with Crippen molar-refractivity contribution in [1.29, 1.82) is 0 Å². The fourth-order valence-electron chi connectivity index (χ4n) is 2.70. The molecule has 0 aliphatic carbocycles. The van der Waals surface area contributed by atoms with Crippen molar-refractivity contribution >= 4 is 5.82 Å². The molecule has 104 valence electrons. The summed E-state index contributed by atoms with van der Waals surface area (Å²) in [7, 11) is 2.10. The standard InChI is InChI=1S/C16H20N4/c1-12-5-3-4-6-13(12)10-20(2)16-14-9-17-8-7-15(14)18-11-19-16/h3-6,11,17H,7-10H2,1-2H3. The second kappa shape index (κ2) is 5.59. The fourth-order valence-corrected chi connectivity index (χ4v) is 2.70. The van der Waals surface area contributed by atoms with Crippen LogP contribution in [0.2, 0.25) is 0 Å². The molecule has 0 fully saturated rings. The Hall–Kier alpha value is -1.94. The number of hydrogen-bond acceptors (Lipinski definition) is 4. The summed E-state index contributed by atoms with van der Waals surface area (Å²) < 4.78 is 0. The lowest BCUT2D eigenvalue weighted by molar-refractivity contribution is 0.622. The molecule has 1 aliphatic heterocycles. The zero-order chi connectivity index (χ0) is 13.9. The molecule has 0 bridgehead atoms. The molecule has 0 amide bonds. The van der Waals surface area contributed by atoms with Gasteiger partial charge in [0, 0.05) is 38.7 Å². The van der Waals surface area contributed by atoms with Gasteiger partial charge in [0.15, 0.2) is 0 Å². The molecule has 0 saturated heterocycles. The third-order valence-electron chi connectivity index (χ3n) is 3.88. The van der Waals surface area contributed by atoms with E-state index in [0.29, 0.717) is 0 Å². The first-order chi connectivity index (χ1) is 9.75. The van der Waals surface area contributed by atoms with Crippen molar-refractivity contribution in [2.45, 2.75) is 26.4 Å². The van der Waals surface area contributed by atoms with Crippen molar-refractivity contribution in [1.82, 2.24) is 15.3 Å². The topological polar surface area (TPSA) is 41.1 Å². The lowest BCUT2D eigenvalue weighted by Crippen LogP contribution is -2.29. The van der Waals surface area contributed by atoms with E-state index >= 15 is 0 Å². The van der Waals surface area contributed by atoms with Crippen LogP contribution in [0.15, 0.2) is 30.6 Å².